The van der Waals surface area contributed by atoms with Gasteiger partial charge in [-0.25, -0.2) is 9.37 Å². The standard InChI is InChI=1S/C15H14ClFN2O/c16-12-7-11(4-5-13(12)17)20-15-10(8-18)6-9-2-1-3-14(9)19-15/h4-7H,1-3,8,18H2. The average Bonchev–Trinajstić information content (AvgIpc) is 2.89. The largest absolute Gasteiger partial charge is 0.439 e. The molecule has 0 unspecified atom stereocenters. The molecule has 0 saturated heterocycles. The van der Waals surface area contributed by atoms with Crippen molar-refractivity contribution in [3.63, 3.8) is 0 Å². The van der Waals surface area contributed by atoms with Crippen molar-refractivity contribution >= 4 is 11.6 Å². The van der Waals surface area contributed by atoms with Crippen LogP contribution in [0.5, 0.6) is 11.6 Å². The van der Waals surface area contributed by atoms with Gasteiger partial charge in [0.15, 0.2) is 0 Å². The maximum atomic E-state index is 13.1. The maximum Gasteiger partial charge on any atom is 0.223 e. The predicted octanol–water partition coefficient (Wildman–Crippen LogP) is 3.61. The summed E-state index contributed by atoms with van der Waals surface area (Å²) < 4.78 is 18.9. The minimum atomic E-state index is -0.472. The molecule has 0 saturated carbocycles. The van der Waals surface area contributed by atoms with Crippen LogP contribution in [0.1, 0.15) is 23.2 Å². The Hall–Kier alpha value is -1.65. The Morgan fingerprint density at radius 1 is 1.30 bits per heavy atom. The lowest BCUT2D eigenvalue weighted by Gasteiger charge is -2.11. The van der Waals surface area contributed by atoms with Gasteiger partial charge in [-0.2, -0.15) is 0 Å². The molecule has 0 amide bonds. The normalized spacial score (nSPS) is 13.3. The average molecular weight is 293 g/mol. The van der Waals surface area contributed by atoms with E-state index in [2.05, 4.69) is 11.1 Å². The first-order valence-corrected chi connectivity index (χ1v) is 6.90. The van der Waals surface area contributed by atoms with E-state index >= 15 is 0 Å². The van der Waals surface area contributed by atoms with E-state index in [1.54, 1.807) is 0 Å². The first-order valence-electron chi connectivity index (χ1n) is 6.52. The second kappa shape index (κ2) is 5.38. The van der Waals surface area contributed by atoms with Crippen molar-refractivity contribution in [2.24, 2.45) is 5.73 Å². The molecule has 1 aromatic heterocycles. The number of nitrogens with zero attached hydrogens (tertiary/aromatic N) is 1. The Morgan fingerprint density at radius 3 is 2.90 bits per heavy atom. The van der Waals surface area contributed by atoms with Crippen molar-refractivity contribution in [3.05, 3.63) is 51.9 Å². The van der Waals surface area contributed by atoms with E-state index in [1.807, 2.05) is 0 Å². The lowest BCUT2D eigenvalue weighted by Crippen LogP contribution is -2.04. The van der Waals surface area contributed by atoms with Crippen LogP contribution in [0.2, 0.25) is 5.02 Å². The summed E-state index contributed by atoms with van der Waals surface area (Å²) in [4.78, 5) is 4.53. The SMILES string of the molecule is NCc1cc2c(nc1Oc1ccc(F)c(Cl)c1)CCC2. The molecule has 0 fully saturated rings. The van der Waals surface area contributed by atoms with Gasteiger partial charge in [0.2, 0.25) is 5.88 Å². The fourth-order valence-electron chi connectivity index (χ4n) is 2.39. The van der Waals surface area contributed by atoms with Crippen LogP contribution in [0.25, 0.3) is 0 Å². The number of aromatic nitrogens is 1. The molecule has 3 nitrogen and oxygen atoms in total. The lowest BCUT2D eigenvalue weighted by atomic mass is 10.1. The van der Waals surface area contributed by atoms with Gasteiger partial charge in [0.1, 0.15) is 11.6 Å². The van der Waals surface area contributed by atoms with Crippen LogP contribution in [0.4, 0.5) is 4.39 Å². The van der Waals surface area contributed by atoms with E-state index in [1.165, 1.54) is 23.8 Å². The van der Waals surface area contributed by atoms with Crippen LogP contribution >= 0.6 is 11.6 Å². The number of halogens is 2. The monoisotopic (exact) mass is 292 g/mol. The molecule has 0 bridgehead atoms. The number of hydrogen-bond donors (Lipinski definition) is 1. The van der Waals surface area contributed by atoms with Crippen LogP contribution in [-0.4, -0.2) is 4.98 Å². The number of hydrogen-bond acceptors (Lipinski definition) is 3. The minimum Gasteiger partial charge on any atom is -0.439 e. The zero-order valence-electron chi connectivity index (χ0n) is 10.8. The van der Waals surface area contributed by atoms with Crippen molar-refractivity contribution < 1.29 is 9.13 Å². The zero-order chi connectivity index (χ0) is 14.1. The van der Waals surface area contributed by atoms with Crippen molar-refractivity contribution in [2.45, 2.75) is 25.8 Å². The minimum absolute atomic E-state index is 0.0259. The molecule has 2 aromatic rings. The predicted molar refractivity (Wildman–Crippen MR) is 75.6 cm³/mol. The molecule has 5 heteroatoms. The fourth-order valence-corrected chi connectivity index (χ4v) is 2.56. The summed E-state index contributed by atoms with van der Waals surface area (Å²) in [7, 11) is 0. The van der Waals surface area contributed by atoms with Gasteiger partial charge < -0.3 is 10.5 Å². The number of pyridine rings is 1. The van der Waals surface area contributed by atoms with Crippen LogP contribution in [0, 0.1) is 5.82 Å². The van der Waals surface area contributed by atoms with Crippen molar-refractivity contribution in [1.82, 2.24) is 4.98 Å². The summed E-state index contributed by atoms with van der Waals surface area (Å²) >= 11 is 5.75. The summed E-state index contributed by atoms with van der Waals surface area (Å²) in [6.07, 6.45) is 3.11. The summed E-state index contributed by atoms with van der Waals surface area (Å²) in [5.74, 6) is 0.465. The fraction of sp³-hybridized carbons (Fsp3) is 0.267. The Kier molecular flexibility index (Phi) is 3.59. The highest BCUT2D eigenvalue weighted by molar-refractivity contribution is 6.30. The third kappa shape index (κ3) is 2.49. The molecule has 1 aliphatic carbocycles. The van der Waals surface area contributed by atoms with Gasteiger partial charge in [-0.1, -0.05) is 11.6 Å². The molecule has 1 heterocycles. The molecule has 2 N–H and O–H groups in total. The zero-order valence-corrected chi connectivity index (χ0v) is 11.6. The van der Waals surface area contributed by atoms with E-state index in [0.717, 1.165) is 30.5 Å². The Labute approximate surface area is 121 Å². The number of aryl methyl sites for hydroxylation is 2. The lowest BCUT2D eigenvalue weighted by molar-refractivity contribution is 0.453. The molecule has 0 spiro atoms. The van der Waals surface area contributed by atoms with E-state index in [0.29, 0.717) is 18.2 Å². The molecule has 0 atom stereocenters. The molecular weight excluding hydrogens is 279 g/mol. The van der Waals surface area contributed by atoms with Crippen LogP contribution in [0.15, 0.2) is 24.3 Å². The Balaban J connectivity index is 1.95. The summed E-state index contributed by atoms with van der Waals surface area (Å²) in [6, 6.07) is 6.28. The Bertz CT molecular complexity index is 661. The van der Waals surface area contributed by atoms with Gasteiger partial charge >= 0.3 is 0 Å². The molecule has 20 heavy (non-hydrogen) atoms. The number of fused-ring (bicyclic) bond motifs is 1. The summed E-state index contributed by atoms with van der Waals surface area (Å²) in [6.45, 7) is 0.352. The first kappa shape index (κ1) is 13.3. The second-order valence-corrected chi connectivity index (χ2v) is 5.20. The number of nitrogens with two attached hydrogens (primary N) is 1. The number of rotatable bonds is 3. The number of benzene rings is 1. The van der Waals surface area contributed by atoms with E-state index < -0.39 is 5.82 Å². The van der Waals surface area contributed by atoms with Crippen LogP contribution in [-0.2, 0) is 19.4 Å². The first-order chi connectivity index (χ1) is 9.67. The third-order valence-electron chi connectivity index (χ3n) is 3.42. The topological polar surface area (TPSA) is 48.1 Å². The quantitative estimate of drug-likeness (QED) is 0.940. The third-order valence-corrected chi connectivity index (χ3v) is 3.71. The molecule has 0 aliphatic heterocycles. The van der Waals surface area contributed by atoms with Crippen LogP contribution in [0.3, 0.4) is 0 Å². The highest BCUT2D eigenvalue weighted by Gasteiger charge is 2.17. The summed E-state index contributed by atoms with van der Waals surface area (Å²) in [5, 5.41) is 0.0259. The summed E-state index contributed by atoms with van der Waals surface area (Å²) in [5.41, 5.74) is 8.91. The maximum absolute atomic E-state index is 13.1. The van der Waals surface area contributed by atoms with E-state index in [9.17, 15) is 4.39 Å². The van der Waals surface area contributed by atoms with Gasteiger partial charge in [0.25, 0.3) is 0 Å². The highest BCUT2D eigenvalue weighted by Crippen LogP contribution is 2.30. The van der Waals surface area contributed by atoms with Gasteiger partial charge in [-0.05, 0) is 43.0 Å². The van der Waals surface area contributed by atoms with Crippen LogP contribution < -0.4 is 10.5 Å². The molecule has 104 valence electrons. The second-order valence-electron chi connectivity index (χ2n) is 4.79. The van der Waals surface area contributed by atoms with E-state index in [4.69, 9.17) is 22.1 Å². The van der Waals surface area contributed by atoms with Gasteiger partial charge in [0, 0.05) is 23.9 Å². The van der Waals surface area contributed by atoms with Gasteiger partial charge in [-0.15, -0.1) is 0 Å². The molecule has 0 radical (unpaired) electrons. The Morgan fingerprint density at radius 2 is 2.15 bits per heavy atom. The van der Waals surface area contributed by atoms with E-state index in [-0.39, 0.29) is 5.02 Å². The molecule has 3 rings (SSSR count). The van der Waals surface area contributed by atoms with Crippen molar-refractivity contribution in [1.29, 1.82) is 0 Å². The molecule has 1 aromatic carbocycles. The molecular formula is C15H14ClFN2O. The van der Waals surface area contributed by atoms with Crippen molar-refractivity contribution in [3.8, 4) is 11.6 Å². The highest BCUT2D eigenvalue weighted by atomic mass is 35.5. The van der Waals surface area contributed by atoms with Crippen molar-refractivity contribution in [2.75, 3.05) is 0 Å². The molecule has 1 aliphatic rings. The van der Waals surface area contributed by atoms with Gasteiger partial charge in [-0.3, -0.25) is 0 Å². The smallest absolute Gasteiger partial charge is 0.223 e. The number of ether oxygens (including phenoxy) is 1. The van der Waals surface area contributed by atoms with Gasteiger partial charge in [0.05, 0.1) is 5.02 Å².